The first-order valence-corrected chi connectivity index (χ1v) is 12.9. The standard InChI is InChI=1S/C23H41N5O4/c29-23(30)17-5-3-16(4-6-17)15-28-9-1-2-19(28)22-25-21(26-32-22)18-7-8-24-20(14-18)27-10-12-31-13-11-27/h16-22,24-26H,1-15H2,(H,29,30). The zero-order chi connectivity index (χ0) is 21.9. The molecule has 0 aromatic heterocycles. The van der Waals surface area contributed by atoms with Crippen LogP contribution in [0.5, 0.6) is 0 Å². The molecule has 5 fully saturated rings. The van der Waals surface area contributed by atoms with Crippen molar-refractivity contribution in [1.82, 2.24) is 25.9 Å². The molecule has 1 saturated carbocycles. The number of hydrogen-bond donors (Lipinski definition) is 4. The molecule has 5 atom stereocenters. The lowest BCUT2D eigenvalue weighted by Crippen LogP contribution is -2.57. The van der Waals surface area contributed by atoms with Gasteiger partial charge in [0.05, 0.1) is 37.5 Å². The van der Waals surface area contributed by atoms with Gasteiger partial charge in [0.15, 0.2) is 0 Å². The van der Waals surface area contributed by atoms with Gasteiger partial charge in [0.25, 0.3) is 0 Å². The van der Waals surface area contributed by atoms with Crippen molar-refractivity contribution >= 4 is 5.97 Å². The Morgan fingerprint density at radius 2 is 1.84 bits per heavy atom. The van der Waals surface area contributed by atoms with Crippen molar-refractivity contribution in [2.75, 3.05) is 45.9 Å². The van der Waals surface area contributed by atoms with Crippen LogP contribution in [0.4, 0.5) is 0 Å². The second kappa shape index (κ2) is 10.6. The van der Waals surface area contributed by atoms with Crippen LogP contribution in [0, 0.1) is 17.8 Å². The number of morpholine rings is 1. The smallest absolute Gasteiger partial charge is 0.306 e. The lowest BCUT2D eigenvalue weighted by atomic mass is 9.82. The number of aliphatic carboxylic acids is 1. The van der Waals surface area contributed by atoms with Crippen molar-refractivity contribution in [1.29, 1.82) is 0 Å². The molecule has 5 rings (SSSR count). The molecule has 5 aliphatic rings. The molecule has 9 nitrogen and oxygen atoms in total. The summed E-state index contributed by atoms with van der Waals surface area (Å²) in [4.78, 5) is 22.5. The predicted octanol–water partition coefficient (Wildman–Crippen LogP) is 0.776. The number of carboxylic acid groups (broad SMARTS) is 1. The SMILES string of the molecule is O=C(O)C1CCC(CN2CCCC2C2NC(C3CCNC(N4CCOCC4)C3)NO2)CC1. The van der Waals surface area contributed by atoms with Crippen molar-refractivity contribution < 1.29 is 19.5 Å². The fraction of sp³-hybridized carbons (Fsp3) is 0.957. The van der Waals surface area contributed by atoms with Crippen LogP contribution in [-0.2, 0) is 14.4 Å². The van der Waals surface area contributed by atoms with Gasteiger partial charge >= 0.3 is 5.97 Å². The van der Waals surface area contributed by atoms with Crippen molar-refractivity contribution in [3.05, 3.63) is 0 Å². The molecule has 5 unspecified atom stereocenters. The third kappa shape index (κ3) is 5.29. The summed E-state index contributed by atoms with van der Waals surface area (Å²) in [5.74, 6) is 0.430. The van der Waals surface area contributed by atoms with Crippen molar-refractivity contribution in [3.8, 4) is 0 Å². The number of hydroxylamine groups is 1. The molecule has 0 amide bonds. The molecule has 4 aliphatic heterocycles. The van der Waals surface area contributed by atoms with Crippen LogP contribution in [0.25, 0.3) is 0 Å². The number of piperidine rings is 1. The number of nitrogens with zero attached hydrogens (tertiary/aromatic N) is 2. The topological polar surface area (TPSA) is 98.3 Å². The van der Waals surface area contributed by atoms with Gasteiger partial charge in [0.2, 0.25) is 0 Å². The Morgan fingerprint density at radius 1 is 1.03 bits per heavy atom. The molecule has 0 radical (unpaired) electrons. The molecule has 0 bridgehead atoms. The minimum absolute atomic E-state index is 0.0366. The summed E-state index contributed by atoms with van der Waals surface area (Å²) in [6, 6.07) is 0.404. The maximum atomic E-state index is 11.2. The van der Waals surface area contributed by atoms with Crippen molar-refractivity contribution in [3.63, 3.8) is 0 Å². The Hall–Kier alpha value is -0.810. The van der Waals surface area contributed by atoms with Crippen LogP contribution >= 0.6 is 0 Å². The van der Waals surface area contributed by atoms with E-state index >= 15 is 0 Å². The van der Waals surface area contributed by atoms with Crippen LogP contribution in [0.1, 0.15) is 51.4 Å². The third-order valence-electron chi connectivity index (χ3n) is 8.50. The summed E-state index contributed by atoms with van der Waals surface area (Å²) in [6.45, 7) is 6.96. The van der Waals surface area contributed by atoms with Crippen LogP contribution in [-0.4, -0.2) is 91.4 Å². The lowest BCUT2D eigenvalue weighted by molar-refractivity contribution is -0.143. The van der Waals surface area contributed by atoms with E-state index in [4.69, 9.17) is 9.57 Å². The average Bonchev–Trinajstić information content (AvgIpc) is 3.50. The first-order valence-electron chi connectivity index (χ1n) is 12.9. The molecule has 0 aromatic carbocycles. The molecule has 0 aromatic rings. The Bertz CT molecular complexity index is 626. The summed E-state index contributed by atoms with van der Waals surface area (Å²) >= 11 is 0. The molecule has 182 valence electrons. The van der Waals surface area contributed by atoms with E-state index < -0.39 is 5.97 Å². The Kier molecular flexibility index (Phi) is 7.63. The maximum Gasteiger partial charge on any atom is 0.306 e. The summed E-state index contributed by atoms with van der Waals surface area (Å²) in [5, 5.41) is 16.8. The second-order valence-electron chi connectivity index (χ2n) is 10.5. The molecule has 4 heterocycles. The largest absolute Gasteiger partial charge is 0.481 e. The van der Waals surface area contributed by atoms with Crippen molar-refractivity contribution in [2.45, 2.75) is 76.0 Å². The van der Waals surface area contributed by atoms with Crippen LogP contribution in [0.3, 0.4) is 0 Å². The van der Waals surface area contributed by atoms with Gasteiger partial charge in [-0.3, -0.25) is 24.7 Å². The number of likely N-dealkylation sites (tertiary alicyclic amines) is 1. The molecule has 9 heteroatoms. The first kappa shape index (κ1) is 23.0. The van der Waals surface area contributed by atoms with Gasteiger partial charge in [-0.25, -0.2) is 0 Å². The summed E-state index contributed by atoms with van der Waals surface area (Å²) < 4.78 is 5.52. The Balaban J connectivity index is 1.11. The highest BCUT2D eigenvalue weighted by Gasteiger charge is 2.42. The predicted molar refractivity (Wildman–Crippen MR) is 120 cm³/mol. The van der Waals surface area contributed by atoms with E-state index in [0.29, 0.717) is 24.0 Å². The van der Waals surface area contributed by atoms with E-state index in [1.807, 2.05) is 0 Å². The Labute approximate surface area is 191 Å². The van der Waals surface area contributed by atoms with E-state index in [2.05, 4.69) is 25.9 Å². The maximum absolute atomic E-state index is 11.2. The van der Waals surface area contributed by atoms with Crippen LogP contribution in [0.2, 0.25) is 0 Å². The van der Waals surface area contributed by atoms with Gasteiger partial charge in [-0.2, -0.15) is 5.48 Å². The summed E-state index contributed by atoms with van der Waals surface area (Å²) in [5.41, 5.74) is 3.35. The van der Waals surface area contributed by atoms with Gasteiger partial charge in [0, 0.05) is 19.6 Å². The zero-order valence-electron chi connectivity index (χ0n) is 19.2. The number of carboxylic acids is 1. The average molecular weight is 452 g/mol. The van der Waals surface area contributed by atoms with Crippen molar-refractivity contribution in [2.24, 2.45) is 17.8 Å². The number of nitrogens with one attached hydrogen (secondary N) is 3. The molecule has 4 saturated heterocycles. The molecule has 1 aliphatic carbocycles. The summed E-state index contributed by atoms with van der Waals surface area (Å²) in [6.07, 6.45) is 9.09. The fourth-order valence-corrected chi connectivity index (χ4v) is 6.55. The highest BCUT2D eigenvalue weighted by Crippen LogP contribution is 2.33. The number of rotatable bonds is 6. The third-order valence-corrected chi connectivity index (χ3v) is 8.50. The minimum Gasteiger partial charge on any atom is -0.481 e. The number of hydrogen-bond acceptors (Lipinski definition) is 8. The highest BCUT2D eigenvalue weighted by molar-refractivity contribution is 5.69. The second-order valence-corrected chi connectivity index (χ2v) is 10.5. The van der Waals surface area contributed by atoms with E-state index in [0.717, 1.165) is 84.5 Å². The quantitative estimate of drug-likeness (QED) is 0.467. The van der Waals surface area contributed by atoms with Gasteiger partial charge in [-0.1, -0.05) is 0 Å². The number of ether oxygens (including phenoxy) is 1. The minimum atomic E-state index is -0.614. The lowest BCUT2D eigenvalue weighted by Gasteiger charge is -2.41. The molecular formula is C23H41N5O4. The highest BCUT2D eigenvalue weighted by atomic mass is 16.7. The van der Waals surface area contributed by atoms with Crippen LogP contribution in [0.15, 0.2) is 0 Å². The van der Waals surface area contributed by atoms with E-state index in [1.165, 1.54) is 12.8 Å². The number of carbonyl (C=O) groups is 1. The van der Waals surface area contributed by atoms with Gasteiger partial charge in [-0.15, -0.1) is 0 Å². The molecule has 32 heavy (non-hydrogen) atoms. The molecular weight excluding hydrogens is 410 g/mol. The van der Waals surface area contributed by atoms with E-state index in [9.17, 15) is 9.90 Å². The molecule has 0 spiro atoms. The zero-order valence-corrected chi connectivity index (χ0v) is 19.2. The monoisotopic (exact) mass is 451 g/mol. The van der Waals surface area contributed by atoms with Crippen LogP contribution < -0.4 is 16.1 Å². The molecule has 4 N–H and O–H groups in total. The first-order chi connectivity index (χ1) is 15.7. The summed E-state index contributed by atoms with van der Waals surface area (Å²) in [7, 11) is 0. The normalized spacial score (nSPS) is 42.3. The van der Waals surface area contributed by atoms with E-state index in [1.54, 1.807) is 0 Å². The van der Waals surface area contributed by atoms with Gasteiger partial charge in [0.1, 0.15) is 6.23 Å². The van der Waals surface area contributed by atoms with Gasteiger partial charge in [-0.05, 0) is 76.3 Å². The Morgan fingerprint density at radius 3 is 2.62 bits per heavy atom. The van der Waals surface area contributed by atoms with Gasteiger partial charge < -0.3 is 15.2 Å². The van der Waals surface area contributed by atoms with E-state index in [-0.39, 0.29) is 18.3 Å². The fourth-order valence-electron chi connectivity index (χ4n) is 6.55.